The second-order valence-electron chi connectivity index (χ2n) is 3.67. The van der Waals surface area contributed by atoms with Gasteiger partial charge < -0.3 is 0 Å². The first-order chi connectivity index (χ1) is 9.29. The molecule has 0 amide bonds. The van der Waals surface area contributed by atoms with Gasteiger partial charge >= 0.3 is 0 Å². The van der Waals surface area contributed by atoms with Crippen molar-refractivity contribution in [2.45, 2.75) is 16.3 Å². The number of tetrazole rings is 1. The molecule has 0 saturated carbocycles. The lowest BCUT2D eigenvalue weighted by atomic mass is 10.4. The fraction of sp³-hybridized carbons (Fsp3) is 0.125. The van der Waals surface area contributed by atoms with E-state index in [-0.39, 0.29) is 22.2 Å². The molecule has 12 heteroatoms. The molecule has 0 aliphatic heterocycles. The largest absolute Gasteiger partial charge is 0.241 e. The first-order valence-corrected chi connectivity index (χ1v) is 8.17. The molecule has 1 heterocycles. The van der Waals surface area contributed by atoms with Crippen LogP contribution in [0.3, 0.4) is 0 Å². The number of aromatic amines is 1. The molecule has 0 fully saturated rings. The molecule has 1 aromatic carbocycles. The molecule has 4 N–H and O–H groups in total. The number of H-pyrrole nitrogens is 1. The zero-order valence-corrected chi connectivity index (χ0v) is 11.5. The Morgan fingerprint density at radius 2 is 1.90 bits per heavy atom. The van der Waals surface area contributed by atoms with Crippen LogP contribution < -0.4 is 9.86 Å². The number of hydrogen-bond donors (Lipinski definition) is 3. The number of benzene rings is 1. The Kier molecular flexibility index (Phi) is 3.80. The van der Waals surface area contributed by atoms with Crippen molar-refractivity contribution in [3.63, 3.8) is 0 Å². The minimum absolute atomic E-state index is 0.149. The number of nitrogens with one attached hydrogen (secondary N) is 2. The highest BCUT2D eigenvalue weighted by Crippen LogP contribution is 2.14. The number of hydrogen-bond acceptors (Lipinski definition) is 7. The summed E-state index contributed by atoms with van der Waals surface area (Å²) in [6.45, 7) is -0.182. The minimum atomic E-state index is -3.98. The molecule has 0 bridgehead atoms. The van der Waals surface area contributed by atoms with Gasteiger partial charge in [-0.1, -0.05) is 11.3 Å². The molecule has 20 heavy (non-hydrogen) atoms. The molecule has 0 unspecified atom stereocenters. The van der Waals surface area contributed by atoms with E-state index in [1.165, 1.54) is 18.2 Å². The zero-order chi connectivity index (χ0) is 14.8. The van der Waals surface area contributed by atoms with Crippen LogP contribution in [-0.4, -0.2) is 37.5 Å². The summed E-state index contributed by atoms with van der Waals surface area (Å²) in [7, 11) is -7.89. The molecule has 0 spiro atoms. The Morgan fingerprint density at radius 1 is 1.20 bits per heavy atom. The van der Waals surface area contributed by atoms with Crippen LogP contribution in [0, 0.1) is 0 Å². The highest BCUT2D eigenvalue weighted by atomic mass is 32.2. The number of nitrogens with zero attached hydrogens (tertiary/aromatic N) is 3. The highest BCUT2D eigenvalue weighted by Gasteiger charge is 2.17. The standard InChI is InChI=1S/C8H10N6O4S2/c9-19(15,16)6-2-1-3-7(4-6)20(17,18)10-5-8-11-13-14-12-8/h1-4,10H,5H2,(H2,9,15,16)(H,11,12,13,14). The molecule has 108 valence electrons. The number of primary sulfonamides is 1. The van der Waals surface area contributed by atoms with Gasteiger partial charge in [-0.15, -0.1) is 10.2 Å². The molecule has 0 atom stereocenters. The molecular weight excluding hydrogens is 308 g/mol. The average Bonchev–Trinajstić information content (AvgIpc) is 2.89. The van der Waals surface area contributed by atoms with Gasteiger partial charge in [-0.2, -0.15) is 5.21 Å². The number of aromatic nitrogens is 4. The summed E-state index contributed by atoms with van der Waals surface area (Å²) in [4.78, 5) is -0.521. The van der Waals surface area contributed by atoms with Crippen LogP contribution in [0.4, 0.5) is 0 Å². The number of rotatable bonds is 5. The third-order valence-corrected chi connectivity index (χ3v) is 4.56. The fourth-order valence-corrected chi connectivity index (χ4v) is 2.98. The van der Waals surface area contributed by atoms with Crippen LogP contribution >= 0.6 is 0 Å². The van der Waals surface area contributed by atoms with Crippen molar-refractivity contribution in [2.24, 2.45) is 5.14 Å². The van der Waals surface area contributed by atoms with Crippen molar-refractivity contribution in [1.82, 2.24) is 25.3 Å². The fourth-order valence-electron chi connectivity index (χ4n) is 1.32. The molecule has 0 saturated heterocycles. The molecule has 0 radical (unpaired) electrons. The normalized spacial score (nSPS) is 12.4. The van der Waals surface area contributed by atoms with Crippen molar-refractivity contribution in [3.05, 3.63) is 30.1 Å². The van der Waals surface area contributed by atoms with Gasteiger partial charge in [0.1, 0.15) is 0 Å². The lowest BCUT2D eigenvalue weighted by molar-refractivity contribution is 0.579. The Labute approximate surface area is 114 Å². The van der Waals surface area contributed by atoms with Gasteiger partial charge in [-0.05, 0) is 18.2 Å². The molecule has 0 aliphatic rings. The Bertz CT molecular complexity index is 799. The third-order valence-electron chi connectivity index (χ3n) is 2.25. The van der Waals surface area contributed by atoms with Crippen molar-refractivity contribution in [3.8, 4) is 0 Å². The smallest absolute Gasteiger partial charge is 0.225 e. The minimum Gasteiger partial charge on any atom is -0.225 e. The van der Waals surface area contributed by atoms with E-state index in [9.17, 15) is 16.8 Å². The maximum Gasteiger partial charge on any atom is 0.241 e. The maximum absolute atomic E-state index is 12.0. The second-order valence-corrected chi connectivity index (χ2v) is 7.00. The zero-order valence-electron chi connectivity index (χ0n) is 9.88. The first kappa shape index (κ1) is 14.5. The van der Waals surface area contributed by atoms with Gasteiger partial charge in [-0.3, -0.25) is 0 Å². The topological polar surface area (TPSA) is 161 Å². The van der Waals surface area contributed by atoms with Gasteiger partial charge in [0.2, 0.25) is 20.0 Å². The van der Waals surface area contributed by atoms with Gasteiger partial charge in [0, 0.05) is 0 Å². The van der Waals surface area contributed by atoms with Crippen molar-refractivity contribution >= 4 is 20.0 Å². The van der Waals surface area contributed by atoms with Gasteiger partial charge in [0.05, 0.1) is 16.3 Å². The van der Waals surface area contributed by atoms with Gasteiger partial charge in [-0.25, -0.2) is 26.7 Å². The number of nitrogens with two attached hydrogens (primary N) is 1. The monoisotopic (exact) mass is 318 g/mol. The lowest BCUT2D eigenvalue weighted by Crippen LogP contribution is -2.24. The summed E-state index contributed by atoms with van der Waals surface area (Å²) >= 11 is 0. The van der Waals surface area contributed by atoms with Gasteiger partial charge in [0.15, 0.2) is 5.82 Å². The Balaban J connectivity index is 2.26. The molecule has 2 rings (SSSR count). The van der Waals surface area contributed by atoms with E-state index in [0.29, 0.717) is 0 Å². The van der Waals surface area contributed by atoms with E-state index in [2.05, 4.69) is 25.3 Å². The van der Waals surface area contributed by atoms with Crippen LogP contribution in [0.25, 0.3) is 0 Å². The Hall–Kier alpha value is -1.89. The first-order valence-electron chi connectivity index (χ1n) is 5.14. The molecule has 10 nitrogen and oxygen atoms in total. The van der Waals surface area contributed by atoms with E-state index < -0.39 is 20.0 Å². The quantitative estimate of drug-likeness (QED) is 0.593. The summed E-state index contributed by atoms with van der Waals surface area (Å²) in [5.74, 6) is 0.149. The summed E-state index contributed by atoms with van der Waals surface area (Å²) in [5, 5.41) is 17.6. The number of sulfonamides is 2. The summed E-state index contributed by atoms with van der Waals surface area (Å²) < 4.78 is 48.5. The second kappa shape index (κ2) is 5.24. The van der Waals surface area contributed by atoms with Crippen LogP contribution in [0.15, 0.2) is 34.1 Å². The maximum atomic E-state index is 12.0. The summed E-state index contributed by atoms with van der Waals surface area (Å²) in [5.41, 5.74) is 0. The van der Waals surface area contributed by atoms with Crippen molar-refractivity contribution in [2.75, 3.05) is 0 Å². The van der Waals surface area contributed by atoms with E-state index in [4.69, 9.17) is 5.14 Å². The van der Waals surface area contributed by atoms with Crippen molar-refractivity contribution < 1.29 is 16.8 Å². The lowest BCUT2D eigenvalue weighted by Gasteiger charge is -2.06. The van der Waals surface area contributed by atoms with E-state index in [0.717, 1.165) is 6.07 Å². The predicted octanol–water partition coefficient (Wildman–Crippen LogP) is -1.67. The average molecular weight is 318 g/mol. The summed E-state index contributed by atoms with van der Waals surface area (Å²) in [6.07, 6.45) is 0. The van der Waals surface area contributed by atoms with Crippen LogP contribution in [0.1, 0.15) is 5.82 Å². The molecule has 2 aromatic rings. The molecule has 0 aliphatic carbocycles. The molecular formula is C8H10N6O4S2. The third kappa shape index (κ3) is 3.36. The summed E-state index contributed by atoms with van der Waals surface area (Å²) in [6, 6.07) is 4.69. The van der Waals surface area contributed by atoms with Gasteiger partial charge in [0.25, 0.3) is 0 Å². The van der Waals surface area contributed by atoms with E-state index in [1.54, 1.807) is 0 Å². The van der Waals surface area contributed by atoms with Crippen LogP contribution in [0.5, 0.6) is 0 Å². The Morgan fingerprint density at radius 3 is 2.50 bits per heavy atom. The molecule has 1 aromatic heterocycles. The van der Waals surface area contributed by atoms with Crippen molar-refractivity contribution in [1.29, 1.82) is 0 Å². The van der Waals surface area contributed by atoms with Crippen LogP contribution in [-0.2, 0) is 26.6 Å². The van der Waals surface area contributed by atoms with E-state index >= 15 is 0 Å². The predicted molar refractivity (Wildman–Crippen MR) is 66.0 cm³/mol. The van der Waals surface area contributed by atoms with Crippen LogP contribution in [0.2, 0.25) is 0 Å². The SMILES string of the molecule is NS(=O)(=O)c1cccc(S(=O)(=O)NCc2nn[nH]n2)c1. The highest BCUT2D eigenvalue weighted by molar-refractivity contribution is 7.90. The van der Waals surface area contributed by atoms with E-state index in [1.807, 2.05) is 0 Å².